The number of esters is 1. The van der Waals surface area contributed by atoms with E-state index in [0.29, 0.717) is 5.56 Å². The molecule has 2 rings (SSSR count). The molecule has 0 aliphatic carbocycles. The first kappa shape index (κ1) is 11.8. The average molecular weight is 247 g/mol. The number of nitrogens with zero attached hydrogens (tertiary/aromatic N) is 1. The average Bonchev–Trinajstić information content (AvgIpc) is 2.83. The van der Waals surface area contributed by atoms with Crippen molar-refractivity contribution in [1.82, 2.24) is 5.16 Å². The highest BCUT2D eigenvalue weighted by atomic mass is 16.5. The summed E-state index contributed by atoms with van der Waals surface area (Å²) in [7, 11) is 1.16. The Hall–Kier alpha value is -2.63. The van der Waals surface area contributed by atoms with E-state index in [-0.39, 0.29) is 11.3 Å². The summed E-state index contributed by atoms with van der Waals surface area (Å²) in [5.74, 6) is -2.70. The number of carbonyl (C=O) groups is 2. The maximum Gasteiger partial charge on any atom is 0.375 e. The third kappa shape index (κ3) is 1.95. The van der Waals surface area contributed by atoms with Crippen molar-refractivity contribution in [2.75, 3.05) is 7.11 Å². The van der Waals surface area contributed by atoms with Crippen LogP contribution in [0.5, 0.6) is 0 Å². The van der Waals surface area contributed by atoms with Crippen LogP contribution in [-0.2, 0) is 4.74 Å². The first-order chi connectivity index (χ1) is 8.65. The Balaban J connectivity index is 2.62. The summed E-state index contributed by atoms with van der Waals surface area (Å²) in [6.45, 7) is 0. The maximum absolute atomic E-state index is 11.6. The Kier molecular flexibility index (Phi) is 3.09. The van der Waals surface area contributed by atoms with Gasteiger partial charge in [0.15, 0.2) is 0 Å². The highest BCUT2D eigenvalue weighted by molar-refractivity contribution is 6.04. The van der Waals surface area contributed by atoms with Gasteiger partial charge in [0.2, 0.25) is 0 Å². The molecule has 0 radical (unpaired) electrons. The molecule has 2 aromatic rings. The van der Waals surface area contributed by atoms with Crippen LogP contribution in [0.1, 0.15) is 20.9 Å². The minimum atomic E-state index is -1.37. The minimum Gasteiger partial charge on any atom is -0.475 e. The van der Waals surface area contributed by atoms with Crippen LogP contribution < -0.4 is 0 Å². The summed E-state index contributed by atoms with van der Waals surface area (Å²) in [6, 6.07) is 8.66. The normalized spacial score (nSPS) is 10.1. The van der Waals surface area contributed by atoms with Crippen molar-refractivity contribution in [3.8, 4) is 11.3 Å². The SMILES string of the molecule is COC(=O)c1c(-c2ccccc2)noc1C(=O)O. The fraction of sp³-hybridized carbons (Fsp3) is 0.0833. The van der Waals surface area contributed by atoms with E-state index in [1.54, 1.807) is 30.3 Å². The smallest absolute Gasteiger partial charge is 0.375 e. The van der Waals surface area contributed by atoms with Gasteiger partial charge in [-0.25, -0.2) is 9.59 Å². The van der Waals surface area contributed by atoms with Crippen molar-refractivity contribution >= 4 is 11.9 Å². The van der Waals surface area contributed by atoms with Gasteiger partial charge in [0.25, 0.3) is 5.76 Å². The summed E-state index contributed by atoms with van der Waals surface area (Å²) in [5.41, 5.74) is 0.546. The molecule has 1 heterocycles. The molecular weight excluding hydrogens is 238 g/mol. The van der Waals surface area contributed by atoms with Gasteiger partial charge < -0.3 is 14.4 Å². The number of ether oxygens (including phenoxy) is 1. The van der Waals surface area contributed by atoms with Crippen LogP contribution in [0, 0.1) is 0 Å². The molecular formula is C12H9NO5. The summed E-state index contributed by atoms with van der Waals surface area (Å²) >= 11 is 0. The molecule has 0 saturated carbocycles. The summed E-state index contributed by atoms with van der Waals surface area (Å²) < 4.78 is 9.23. The fourth-order valence-corrected chi connectivity index (χ4v) is 1.52. The number of rotatable bonds is 3. The maximum atomic E-state index is 11.6. The van der Waals surface area contributed by atoms with Gasteiger partial charge in [0, 0.05) is 5.56 Å². The molecule has 92 valence electrons. The number of carbonyl (C=O) groups excluding carboxylic acids is 1. The summed E-state index contributed by atoms with van der Waals surface area (Å²) in [4.78, 5) is 22.6. The van der Waals surface area contributed by atoms with Gasteiger partial charge in [-0.1, -0.05) is 35.5 Å². The summed E-state index contributed by atoms with van der Waals surface area (Å²) in [5, 5.41) is 12.5. The topological polar surface area (TPSA) is 89.6 Å². The predicted octanol–water partition coefficient (Wildman–Crippen LogP) is 1.83. The third-order valence-electron chi connectivity index (χ3n) is 2.32. The molecule has 0 spiro atoms. The van der Waals surface area contributed by atoms with Crippen molar-refractivity contribution in [1.29, 1.82) is 0 Å². The van der Waals surface area contributed by atoms with Gasteiger partial charge in [-0.15, -0.1) is 0 Å². The van der Waals surface area contributed by atoms with Crippen LogP contribution in [0.2, 0.25) is 0 Å². The van der Waals surface area contributed by atoms with Crippen LogP contribution in [0.15, 0.2) is 34.9 Å². The quantitative estimate of drug-likeness (QED) is 0.832. The Bertz CT molecular complexity index is 588. The van der Waals surface area contributed by atoms with Crippen molar-refractivity contribution in [2.24, 2.45) is 0 Å². The monoisotopic (exact) mass is 247 g/mol. The van der Waals surface area contributed by atoms with Crippen molar-refractivity contribution in [2.45, 2.75) is 0 Å². The Morgan fingerprint density at radius 3 is 2.50 bits per heavy atom. The zero-order valence-corrected chi connectivity index (χ0v) is 9.41. The van der Waals surface area contributed by atoms with Crippen LogP contribution in [0.3, 0.4) is 0 Å². The van der Waals surface area contributed by atoms with Crippen molar-refractivity contribution in [3.63, 3.8) is 0 Å². The van der Waals surface area contributed by atoms with E-state index in [1.165, 1.54) is 0 Å². The molecule has 0 unspecified atom stereocenters. The molecule has 18 heavy (non-hydrogen) atoms. The summed E-state index contributed by atoms with van der Waals surface area (Å²) in [6.07, 6.45) is 0. The molecule has 1 aromatic heterocycles. The molecule has 6 heteroatoms. The number of carboxylic acid groups (broad SMARTS) is 1. The minimum absolute atomic E-state index is 0.153. The second-order valence-electron chi connectivity index (χ2n) is 3.40. The van der Waals surface area contributed by atoms with Gasteiger partial charge in [-0.2, -0.15) is 0 Å². The Morgan fingerprint density at radius 1 is 1.28 bits per heavy atom. The third-order valence-corrected chi connectivity index (χ3v) is 2.32. The fourth-order valence-electron chi connectivity index (χ4n) is 1.52. The molecule has 0 aliphatic heterocycles. The van der Waals surface area contributed by atoms with E-state index in [1.807, 2.05) is 0 Å². The second-order valence-corrected chi connectivity index (χ2v) is 3.40. The molecule has 1 N–H and O–H groups in total. The van der Waals surface area contributed by atoms with Gasteiger partial charge in [0.05, 0.1) is 7.11 Å². The van der Waals surface area contributed by atoms with E-state index in [9.17, 15) is 9.59 Å². The molecule has 1 aromatic carbocycles. The van der Waals surface area contributed by atoms with E-state index in [0.717, 1.165) is 7.11 Å². The largest absolute Gasteiger partial charge is 0.475 e. The van der Waals surface area contributed by atoms with E-state index >= 15 is 0 Å². The number of carboxylic acids is 1. The lowest BCUT2D eigenvalue weighted by atomic mass is 10.1. The molecule has 0 amide bonds. The first-order valence-electron chi connectivity index (χ1n) is 5.02. The molecule has 0 fully saturated rings. The molecule has 6 nitrogen and oxygen atoms in total. The lowest BCUT2D eigenvalue weighted by Gasteiger charge is -2.00. The Labute approximate surface area is 102 Å². The van der Waals surface area contributed by atoms with Crippen molar-refractivity contribution < 1.29 is 24.0 Å². The highest BCUT2D eigenvalue weighted by Crippen LogP contribution is 2.26. The number of methoxy groups -OCH3 is 1. The highest BCUT2D eigenvalue weighted by Gasteiger charge is 2.28. The van der Waals surface area contributed by atoms with E-state index in [2.05, 4.69) is 14.4 Å². The zero-order valence-electron chi connectivity index (χ0n) is 9.41. The van der Waals surface area contributed by atoms with Crippen LogP contribution in [0.4, 0.5) is 0 Å². The van der Waals surface area contributed by atoms with Gasteiger partial charge in [-0.05, 0) is 0 Å². The zero-order chi connectivity index (χ0) is 13.1. The Morgan fingerprint density at radius 2 is 1.94 bits per heavy atom. The van der Waals surface area contributed by atoms with Crippen LogP contribution in [-0.4, -0.2) is 29.3 Å². The second kappa shape index (κ2) is 4.70. The van der Waals surface area contributed by atoms with Crippen LogP contribution in [0.25, 0.3) is 11.3 Å². The van der Waals surface area contributed by atoms with Crippen LogP contribution >= 0.6 is 0 Å². The standard InChI is InChI=1S/C12H9NO5/c1-17-12(16)8-9(7-5-3-2-4-6-7)13-18-10(8)11(14)15/h2-6H,1H3,(H,14,15). The number of benzene rings is 1. The number of aromatic nitrogens is 1. The van der Waals surface area contributed by atoms with Crippen molar-refractivity contribution in [3.05, 3.63) is 41.7 Å². The first-order valence-corrected chi connectivity index (χ1v) is 5.02. The lowest BCUT2D eigenvalue weighted by molar-refractivity contribution is 0.0569. The predicted molar refractivity (Wildman–Crippen MR) is 60.2 cm³/mol. The van der Waals surface area contributed by atoms with Gasteiger partial charge in [0.1, 0.15) is 11.3 Å². The molecule has 0 aliphatic rings. The lowest BCUT2D eigenvalue weighted by Crippen LogP contribution is -2.08. The van der Waals surface area contributed by atoms with E-state index < -0.39 is 17.7 Å². The number of aromatic carboxylic acids is 1. The molecule has 0 saturated heterocycles. The van der Waals surface area contributed by atoms with Gasteiger partial charge >= 0.3 is 11.9 Å². The van der Waals surface area contributed by atoms with Gasteiger partial charge in [-0.3, -0.25) is 0 Å². The van der Waals surface area contributed by atoms with E-state index in [4.69, 9.17) is 5.11 Å². The molecule has 0 atom stereocenters. The number of hydrogen-bond donors (Lipinski definition) is 1. The number of hydrogen-bond acceptors (Lipinski definition) is 5. The molecule has 0 bridgehead atoms.